The Balaban J connectivity index is 1.83. The normalized spacial score (nSPS) is 22.8. The Hall–Kier alpha value is -3.11. The summed E-state index contributed by atoms with van der Waals surface area (Å²) in [4.78, 5) is 38.2. The standard InChI is InChI=1S/C19H21N4O9P/c20-8-4-10-29-33(27,28)32-18(31-17(25)12-5-2-1-3-6-12)16-13(24)11-15(30-16)23-9-7-14(21)22-19(23)26/h1-3,5-7,9,13,15-16,18,24H,4,10-11H2,(H,27,28)(H2,21,22,26)/t13-,15+,16-,18?/m0/s1. The number of phosphoric ester groups is 1. The van der Waals surface area contributed by atoms with Crippen molar-refractivity contribution in [3.05, 3.63) is 58.6 Å². The summed E-state index contributed by atoms with van der Waals surface area (Å²) in [5.74, 6) is -0.941. The summed E-state index contributed by atoms with van der Waals surface area (Å²) < 4.78 is 33.9. The molecule has 1 aromatic heterocycles. The molecule has 0 aliphatic carbocycles. The molecule has 0 spiro atoms. The average Bonchev–Trinajstić information content (AvgIpc) is 3.15. The van der Waals surface area contributed by atoms with Gasteiger partial charge >= 0.3 is 19.5 Å². The lowest BCUT2D eigenvalue weighted by atomic mass is 10.1. The smallest absolute Gasteiger partial charge is 0.429 e. The van der Waals surface area contributed by atoms with E-state index in [0.717, 1.165) is 4.57 Å². The predicted molar refractivity (Wildman–Crippen MR) is 110 cm³/mol. The molecular weight excluding hydrogens is 459 g/mol. The van der Waals surface area contributed by atoms with Crippen LogP contribution in [0, 0.1) is 11.3 Å². The van der Waals surface area contributed by atoms with Gasteiger partial charge in [0.05, 0.1) is 30.8 Å². The average molecular weight is 480 g/mol. The number of benzene rings is 1. The molecule has 1 fully saturated rings. The molecule has 2 heterocycles. The fraction of sp³-hybridized carbons (Fsp3) is 0.368. The maximum Gasteiger partial charge on any atom is 0.475 e. The Labute approximate surface area is 187 Å². The molecule has 5 atom stereocenters. The van der Waals surface area contributed by atoms with Crippen molar-refractivity contribution in [2.45, 2.75) is 37.6 Å². The second-order valence-electron chi connectivity index (χ2n) is 6.86. The second kappa shape index (κ2) is 10.7. The number of hydrogen-bond donors (Lipinski definition) is 3. The number of nitrogens with zero attached hydrogens (tertiary/aromatic N) is 3. The number of nitriles is 1. The fourth-order valence-electron chi connectivity index (χ4n) is 3.00. The van der Waals surface area contributed by atoms with Gasteiger partial charge in [0.2, 0.25) is 6.29 Å². The number of nitrogen functional groups attached to an aromatic ring is 1. The number of hydrogen-bond acceptors (Lipinski definition) is 11. The lowest BCUT2D eigenvalue weighted by molar-refractivity contribution is -0.166. The van der Waals surface area contributed by atoms with Crippen LogP contribution in [0.15, 0.2) is 47.4 Å². The minimum atomic E-state index is -4.83. The Morgan fingerprint density at radius 1 is 1.39 bits per heavy atom. The molecule has 176 valence electrons. The van der Waals surface area contributed by atoms with E-state index in [1.165, 1.54) is 24.4 Å². The number of nitrogens with two attached hydrogens (primary N) is 1. The minimum Gasteiger partial charge on any atom is -0.429 e. The van der Waals surface area contributed by atoms with Crippen LogP contribution in [0.3, 0.4) is 0 Å². The van der Waals surface area contributed by atoms with E-state index in [-0.39, 0.29) is 24.2 Å². The molecule has 3 rings (SSSR count). The van der Waals surface area contributed by atoms with Crippen LogP contribution in [-0.2, 0) is 23.1 Å². The summed E-state index contributed by atoms with van der Waals surface area (Å²) in [5, 5.41) is 19.1. The SMILES string of the molecule is N#CCCOP(=O)(O)OC(OC(=O)c1ccccc1)[C@H]1O[C@@H](n2ccc(N)nc2=O)C[C@@H]1O. The third-order valence-corrected chi connectivity index (χ3v) is 5.49. The van der Waals surface area contributed by atoms with Gasteiger partial charge in [-0.15, -0.1) is 0 Å². The van der Waals surface area contributed by atoms with Gasteiger partial charge in [0.15, 0.2) is 0 Å². The summed E-state index contributed by atoms with van der Waals surface area (Å²) in [6.07, 6.45) is -4.82. The van der Waals surface area contributed by atoms with E-state index in [4.69, 9.17) is 25.0 Å². The molecule has 4 N–H and O–H groups in total. The molecule has 0 saturated carbocycles. The summed E-state index contributed by atoms with van der Waals surface area (Å²) in [6.45, 7) is -0.424. The number of ether oxygens (including phenoxy) is 2. The Morgan fingerprint density at radius 3 is 2.79 bits per heavy atom. The second-order valence-corrected chi connectivity index (χ2v) is 8.26. The van der Waals surface area contributed by atoms with Gasteiger partial charge in [0.25, 0.3) is 0 Å². The van der Waals surface area contributed by atoms with Crippen molar-refractivity contribution in [1.82, 2.24) is 9.55 Å². The van der Waals surface area contributed by atoms with E-state index < -0.39 is 50.8 Å². The van der Waals surface area contributed by atoms with Gasteiger partial charge in [-0.25, -0.2) is 18.7 Å². The van der Waals surface area contributed by atoms with Crippen molar-refractivity contribution >= 4 is 19.6 Å². The van der Waals surface area contributed by atoms with Crippen LogP contribution in [0.2, 0.25) is 0 Å². The zero-order valence-corrected chi connectivity index (χ0v) is 18.0. The fourth-order valence-corrected chi connectivity index (χ4v) is 3.81. The van der Waals surface area contributed by atoms with Crippen molar-refractivity contribution in [2.75, 3.05) is 12.3 Å². The number of aliphatic hydroxyl groups is 1. The molecule has 13 nitrogen and oxygen atoms in total. The van der Waals surface area contributed by atoms with Crippen molar-refractivity contribution in [3.63, 3.8) is 0 Å². The molecule has 2 aromatic rings. The third-order valence-electron chi connectivity index (χ3n) is 4.50. The van der Waals surface area contributed by atoms with Gasteiger partial charge in [0.1, 0.15) is 18.1 Å². The molecule has 1 saturated heterocycles. The zero-order chi connectivity index (χ0) is 24.0. The van der Waals surface area contributed by atoms with Crippen LogP contribution in [-0.4, -0.2) is 50.6 Å². The molecular formula is C19H21N4O9P. The summed E-state index contributed by atoms with van der Waals surface area (Å²) in [7, 11) is -4.83. The van der Waals surface area contributed by atoms with E-state index in [0.29, 0.717) is 0 Å². The van der Waals surface area contributed by atoms with Gasteiger partial charge in [-0.05, 0) is 18.2 Å². The molecule has 2 unspecified atom stereocenters. The van der Waals surface area contributed by atoms with E-state index in [2.05, 4.69) is 9.51 Å². The third kappa shape index (κ3) is 6.45. The van der Waals surface area contributed by atoms with Crippen molar-refractivity contribution in [1.29, 1.82) is 5.26 Å². The summed E-state index contributed by atoms with van der Waals surface area (Å²) in [6, 6.07) is 10.8. The van der Waals surface area contributed by atoms with E-state index >= 15 is 0 Å². The molecule has 1 aromatic carbocycles. The predicted octanol–water partition coefficient (Wildman–Crippen LogP) is 0.704. The topological polar surface area (TPSA) is 196 Å². The van der Waals surface area contributed by atoms with E-state index in [1.807, 2.05) is 0 Å². The Kier molecular flexibility index (Phi) is 7.93. The van der Waals surface area contributed by atoms with Crippen LogP contribution in [0.1, 0.15) is 29.4 Å². The number of rotatable bonds is 9. The molecule has 0 amide bonds. The first-order valence-electron chi connectivity index (χ1n) is 9.67. The van der Waals surface area contributed by atoms with Crippen LogP contribution >= 0.6 is 7.82 Å². The lowest BCUT2D eigenvalue weighted by Gasteiger charge is -2.27. The number of aliphatic hydroxyl groups excluding tert-OH is 1. The first-order valence-corrected chi connectivity index (χ1v) is 11.2. The van der Waals surface area contributed by atoms with Gasteiger partial charge in [0, 0.05) is 12.6 Å². The molecule has 0 radical (unpaired) electrons. The number of carbonyl (C=O) groups excluding carboxylic acids is 1. The maximum absolute atomic E-state index is 12.5. The number of aromatic nitrogens is 2. The first-order chi connectivity index (χ1) is 15.7. The number of anilines is 1. The largest absolute Gasteiger partial charge is 0.475 e. The van der Waals surface area contributed by atoms with Gasteiger partial charge in [-0.3, -0.25) is 9.09 Å². The number of phosphoric acid groups is 1. The lowest BCUT2D eigenvalue weighted by Crippen LogP contribution is -2.39. The summed E-state index contributed by atoms with van der Waals surface area (Å²) in [5.41, 5.74) is 4.83. The van der Waals surface area contributed by atoms with E-state index in [9.17, 15) is 24.2 Å². The first kappa shape index (κ1) is 24.5. The molecule has 0 bridgehead atoms. The highest BCUT2D eigenvalue weighted by Crippen LogP contribution is 2.47. The molecule has 1 aliphatic heterocycles. The molecule has 33 heavy (non-hydrogen) atoms. The zero-order valence-electron chi connectivity index (χ0n) is 17.1. The molecule has 1 aliphatic rings. The molecule has 14 heteroatoms. The minimum absolute atomic E-state index is 0.0138. The van der Waals surface area contributed by atoms with Crippen LogP contribution in [0.5, 0.6) is 0 Å². The highest BCUT2D eigenvalue weighted by atomic mass is 31.2. The van der Waals surface area contributed by atoms with Crippen molar-refractivity contribution in [2.24, 2.45) is 0 Å². The highest BCUT2D eigenvalue weighted by molar-refractivity contribution is 7.47. The van der Waals surface area contributed by atoms with Crippen LogP contribution in [0.4, 0.5) is 5.82 Å². The van der Waals surface area contributed by atoms with Crippen molar-refractivity contribution in [3.8, 4) is 6.07 Å². The highest BCUT2D eigenvalue weighted by Gasteiger charge is 2.46. The number of carbonyl (C=O) groups is 1. The van der Waals surface area contributed by atoms with Crippen LogP contribution in [0.25, 0.3) is 0 Å². The monoisotopic (exact) mass is 480 g/mol. The Bertz CT molecular complexity index is 1120. The van der Waals surface area contributed by atoms with E-state index in [1.54, 1.807) is 24.3 Å². The van der Waals surface area contributed by atoms with Gasteiger partial charge in [-0.2, -0.15) is 10.2 Å². The maximum atomic E-state index is 12.5. The van der Waals surface area contributed by atoms with Gasteiger partial charge < -0.3 is 25.2 Å². The van der Waals surface area contributed by atoms with Crippen molar-refractivity contribution < 1.29 is 37.9 Å². The van der Waals surface area contributed by atoms with Gasteiger partial charge in [-0.1, -0.05) is 18.2 Å². The Morgan fingerprint density at radius 2 is 2.12 bits per heavy atom. The van der Waals surface area contributed by atoms with Crippen LogP contribution < -0.4 is 11.4 Å². The quantitative estimate of drug-likeness (QED) is 0.197. The number of esters is 1. The summed E-state index contributed by atoms with van der Waals surface area (Å²) >= 11 is 0.